The number of rotatable bonds is 2. The van der Waals surface area contributed by atoms with Crippen LogP contribution in [0.3, 0.4) is 0 Å². The highest BCUT2D eigenvalue weighted by molar-refractivity contribution is 5.65. The zero-order valence-corrected chi connectivity index (χ0v) is 4.04. The van der Waals surface area contributed by atoms with Gasteiger partial charge in [0.2, 0.25) is 0 Å². The minimum atomic E-state index is 1.44. The fourth-order valence-electron chi connectivity index (χ4n) is 0.192. The number of nitrogens with two attached hydrogens (primary N) is 2. The van der Waals surface area contributed by atoms with Gasteiger partial charge in [0.05, 0.1) is 0 Å². The molecule has 2 nitrogen and oxygen atoms in total. The van der Waals surface area contributed by atoms with Crippen molar-refractivity contribution in [3.63, 3.8) is 0 Å². The molecular weight excluding hydrogens is 88.1 g/mol. The van der Waals surface area contributed by atoms with Crippen LogP contribution in [0.1, 0.15) is 0 Å². The van der Waals surface area contributed by atoms with Crippen LogP contribution >= 0.6 is 0 Å². The molecule has 0 amide bonds. The minimum absolute atomic E-state index is 1.44. The molecular formula is C5H9N2+. The molecule has 0 aliphatic carbocycles. The van der Waals surface area contributed by atoms with E-state index in [1.807, 2.05) is 0 Å². The summed E-state index contributed by atoms with van der Waals surface area (Å²) in [4.78, 5) is 0. The van der Waals surface area contributed by atoms with Crippen LogP contribution in [0.25, 0.3) is 0 Å². The maximum atomic E-state index is 4.98. The van der Waals surface area contributed by atoms with Crippen LogP contribution in [0.5, 0.6) is 0 Å². The van der Waals surface area contributed by atoms with Crippen LogP contribution in [-0.2, 0) is 0 Å². The van der Waals surface area contributed by atoms with Crippen molar-refractivity contribution in [1.82, 2.24) is 0 Å². The third-order valence-corrected chi connectivity index (χ3v) is 0.444. The van der Waals surface area contributed by atoms with Crippen LogP contribution in [0, 0.1) is 0 Å². The molecule has 0 aliphatic heterocycles. The van der Waals surface area contributed by atoms with Crippen molar-refractivity contribution in [3.8, 4) is 0 Å². The quantitative estimate of drug-likeness (QED) is 0.331. The van der Waals surface area contributed by atoms with Gasteiger partial charge in [-0.25, -0.2) is 0 Å². The van der Waals surface area contributed by atoms with E-state index < -0.39 is 0 Å². The van der Waals surface area contributed by atoms with E-state index in [1.54, 1.807) is 18.2 Å². The minimum Gasteiger partial charge on any atom is -0.405 e. The Morgan fingerprint density at radius 1 is 1.14 bits per heavy atom. The number of allylic oxidation sites excluding steroid dienone is 3. The first kappa shape index (κ1) is 5.95. The van der Waals surface area contributed by atoms with Gasteiger partial charge in [-0.3, -0.25) is 5.41 Å². The van der Waals surface area contributed by atoms with Crippen LogP contribution in [-0.4, -0.2) is 6.21 Å². The summed E-state index contributed by atoms with van der Waals surface area (Å²) in [5.74, 6) is 0. The Hall–Kier alpha value is -1.05. The summed E-state index contributed by atoms with van der Waals surface area (Å²) in [6.45, 7) is 0. The zero-order valence-electron chi connectivity index (χ0n) is 4.04. The summed E-state index contributed by atoms with van der Waals surface area (Å²) in [5, 5.41) is 4.98. The van der Waals surface area contributed by atoms with Crippen molar-refractivity contribution in [1.29, 1.82) is 0 Å². The molecule has 0 aromatic carbocycles. The van der Waals surface area contributed by atoms with E-state index in [0.717, 1.165) is 0 Å². The molecule has 4 N–H and O–H groups in total. The predicted octanol–water partition coefficient (Wildman–Crippen LogP) is -1.16. The van der Waals surface area contributed by atoms with Gasteiger partial charge in [0.1, 0.15) is 0 Å². The monoisotopic (exact) mass is 97.1 g/mol. The van der Waals surface area contributed by atoms with Gasteiger partial charge in [-0.15, -0.1) is 0 Å². The zero-order chi connectivity index (χ0) is 5.54. The van der Waals surface area contributed by atoms with Crippen molar-refractivity contribution >= 4 is 6.21 Å². The predicted molar refractivity (Wildman–Crippen MR) is 30.5 cm³/mol. The van der Waals surface area contributed by atoms with E-state index in [-0.39, 0.29) is 0 Å². The second kappa shape index (κ2) is 4.95. The number of hydrogen-bond donors (Lipinski definition) is 2. The standard InChI is InChI=1S/C5H8N2/c6-4-2-1-3-5-7/h1-6H,7H2/p+1. The van der Waals surface area contributed by atoms with Crippen molar-refractivity contribution in [2.24, 2.45) is 5.73 Å². The Balaban J connectivity index is 3.27. The lowest BCUT2D eigenvalue weighted by Gasteiger charge is -1.63. The maximum absolute atomic E-state index is 4.98. The van der Waals surface area contributed by atoms with E-state index in [9.17, 15) is 0 Å². The molecule has 0 rings (SSSR count). The van der Waals surface area contributed by atoms with Crippen LogP contribution in [0.4, 0.5) is 0 Å². The molecule has 7 heavy (non-hydrogen) atoms. The highest BCUT2D eigenvalue weighted by Crippen LogP contribution is 1.65. The Morgan fingerprint density at radius 2 is 1.86 bits per heavy atom. The average Bonchev–Trinajstić information content (AvgIpc) is 1.69. The van der Waals surface area contributed by atoms with Crippen LogP contribution in [0.15, 0.2) is 24.4 Å². The number of hydrogen-bond acceptors (Lipinski definition) is 1. The molecule has 0 saturated heterocycles. The van der Waals surface area contributed by atoms with E-state index in [1.165, 1.54) is 12.4 Å². The van der Waals surface area contributed by atoms with E-state index in [0.29, 0.717) is 0 Å². The molecule has 0 aromatic rings. The lowest BCUT2D eigenvalue weighted by molar-refractivity contribution is -0.104. The Kier molecular flexibility index (Phi) is 4.21. The fourth-order valence-corrected chi connectivity index (χ4v) is 0.192. The Bertz CT molecular complexity index is 92.3. The van der Waals surface area contributed by atoms with Gasteiger partial charge in [-0.05, 0) is 12.3 Å². The van der Waals surface area contributed by atoms with Gasteiger partial charge < -0.3 is 5.73 Å². The van der Waals surface area contributed by atoms with Crippen molar-refractivity contribution in [2.45, 2.75) is 0 Å². The summed E-state index contributed by atoms with van der Waals surface area (Å²) in [6.07, 6.45) is 8.03. The summed E-state index contributed by atoms with van der Waals surface area (Å²) in [7, 11) is 0. The summed E-state index contributed by atoms with van der Waals surface area (Å²) >= 11 is 0. The molecule has 0 aromatic heterocycles. The SMILES string of the molecule is NC=CC=CC=[NH2+]. The normalized spacial score (nSPS) is 10.9. The second-order valence-electron chi connectivity index (χ2n) is 0.962. The van der Waals surface area contributed by atoms with Crippen molar-refractivity contribution < 1.29 is 5.41 Å². The fraction of sp³-hybridized carbons (Fsp3) is 0. The van der Waals surface area contributed by atoms with Crippen molar-refractivity contribution in [3.05, 3.63) is 24.4 Å². The van der Waals surface area contributed by atoms with E-state index >= 15 is 0 Å². The maximum Gasteiger partial charge on any atom is 0.160 e. The average molecular weight is 97.1 g/mol. The van der Waals surface area contributed by atoms with Gasteiger partial charge in [-0.1, -0.05) is 6.08 Å². The lowest BCUT2D eigenvalue weighted by Crippen LogP contribution is -2.27. The molecule has 38 valence electrons. The van der Waals surface area contributed by atoms with E-state index in [2.05, 4.69) is 0 Å². The largest absolute Gasteiger partial charge is 0.405 e. The molecule has 0 bridgehead atoms. The summed E-state index contributed by atoms with van der Waals surface area (Å²) in [5.41, 5.74) is 4.98. The van der Waals surface area contributed by atoms with Gasteiger partial charge >= 0.3 is 0 Å². The molecule has 0 spiro atoms. The molecule has 0 unspecified atom stereocenters. The Labute approximate surface area is 42.8 Å². The smallest absolute Gasteiger partial charge is 0.160 e. The molecule has 0 aliphatic rings. The molecule has 0 heterocycles. The first-order chi connectivity index (χ1) is 3.41. The molecule has 0 radical (unpaired) electrons. The second-order valence-corrected chi connectivity index (χ2v) is 0.962. The highest BCUT2D eigenvalue weighted by Gasteiger charge is 1.57. The van der Waals surface area contributed by atoms with Crippen LogP contribution < -0.4 is 11.1 Å². The van der Waals surface area contributed by atoms with Gasteiger partial charge in [0.25, 0.3) is 0 Å². The first-order valence-corrected chi connectivity index (χ1v) is 2.00. The van der Waals surface area contributed by atoms with Gasteiger partial charge in [-0.2, -0.15) is 0 Å². The van der Waals surface area contributed by atoms with Crippen LogP contribution in [0.2, 0.25) is 0 Å². The lowest BCUT2D eigenvalue weighted by atomic mass is 10.5. The molecule has 0 atom stereocenters. The van der Waals surface area contributed by atoms with Gasteiger partial charge in [0.15, 0.2) is 6.21 Å². The summed E-state index contributed by atoms with van der Waals surface area (Å²) in [6, 6.07) is 0. The Morgan fingerprint density at radius 3 is 2.29 bits per heavy atom. The van der Waals surface area contributed by atoms with Gasteiger partial charge in [0, 0.05) is 6.08 Å². The third-order valence-electron chi connectivity index (χ3n) is 0.444. The molecule has 0 fully saturated rings. The summed E-state index contributed by atoms with van der Waals surface area (Å²) < 4.78 is 0. The first-order valence-electron chi connectivity index (χ1n) is 2.00. The highest BCUT2D eigenvalue weighted by atomic mass is 14.5. The topological polar surface area (TPSA) is 51.6 Å². The van der Waals surface area contributed by atoms with Crippen molar-refractivity contribution in [2.75, 3.05) is 0 Å². The van der Waals surface area contributed by atoms with E-state index in [4.69, 9.17) is 11.1 Å². The molecule has 2 heteroatoms. The third kappa shape index (κ3) is 4.95. The molecule has 0 saturated carbocycles.